The van der Waals surface area contributed by atoms with E-state index in [0.717, 1.165) is 33.7 Å². The number of benzene rings is 3. The topological polar surface area (TPSA) is 89.8 Å². The summed E-state index contributed by atoms with van der Waals surface area (Å²) in [6, 6.07) is 23.1. The summed E-state index contributed by atoms with van der Waals surface area (Å²) < 4.78 is 9.30. The fourth-order valence-electron chi connectivity index (χ4n) is 3.88. The van der Waals surface area contributed by atoms with Crippen LogP contribution in [-0.4, -0.2) is 37.3 Å². The summed E-state index contributed by atoms with van der Waals surface area (Å²) in [4.78, 5) is 17.5. The van der Waals surface area contributed by atoms with Crippen LogP contribution in [0.15, 0.2) is 72.8 Å². The number of methoxy groups -OCH3 is 1. The lowest BCUT2D eigenvalue weighted by atomic mass is 10.2. The number of ether oxygens (including phenoxy) is 1. The van der Waals surface area contributed by atoms with Gasteiger partial charge >= 0.3 is 0 Å². The number of nitrogens with one attached hydrogen (secondary N) is 2. The highest BCUT2D eigenvalue weighted by Gasteiger charge is 2.14. The number of carbonyl (C=O) groups excluding carboxylic acids is 1. The van der Waals surface area contributed by atoms with Gasteiger partial charge in [-0.2, -0.15) is 5.10 Å². The van der Waals surface area contributed by atoms with E-state index in [4.69, 9.17) is 21.9 Å². The molecule has 170 valence electrons. The van der Waals surface area contributed by atoms with Crippen LogP contribution in [0, 0.1) is 4.77 Å². The van der Waals surface area contributed by atoms with E-state index < -0.39 is 0 Å². The van der Waals surface area contributed by atoms with Gasteiger partial charge in [0, 0.05) is 23.9 Å². The van der Waals surface area contributed by atoms with Gasteiger partial charge in [0.15, 0.2) is 10.6 Å². The van der Waals surface area contributed by atoms with E-state index in [1.807, 2.05) is 79.8 Å². The maximum Gasteiger partial charge on any atom is 0.244 e. The van der Waals surface area contributed by atoms with Gasteiger partial charge in [0.25, 0.3) is 0 Å². The molecule has 0 aliphatic heterocycles. The molecule has 0 bridgehead atoms. The number of hydrogen-bond donors (Lipinski definition) is 2. The SMILES string of the molecule is COc1ccc(-c2n[nH]c(=S)n2CC(=O)Nc2ccc(-c3nc4ccccc4n3C)cc2)cc1. The van der Waals surface area contributed by atoms with E-state index in [0.29, 0.717) is 16.3 Å². The molecule has 34 heavy (non-hydrogen) atoms. The average molecular weight is 471 g/mol. The first-order chi connectivity index (χ1) is 16.5. The Kier molecular flexibility index (Phi) is 5.69. The summed E-state index contributed by atoms with van der Waals surface area (Å²) in [6.45, 7) is 0.0310. The fourth-order valence-corrected chi connectivity index (χ4v) is 4.07. The largest absolute Gasteiger partial charge is 0.497 e. The summed E-state index contributed by atoms with van der Waals surface area (Å²) in [6.07, 6.45) is 0. The molecule has 0 aliphatic rings. The lowest BCUT2D eigenvalue weighted by Crippen LogP contribution is -2.19. The molecule has 3 aromatic carbocycles. The Bertz CT molecular complexity index is 1530. The number of H-pyrrole nitrogens is 1. The average Bonchev–Trinajstić information content (AvgIpc) is 3.39. The molecular weight excluding hydrogens is 448 g/mol. The van der Waals surface area contributed by atoms with Gasteiger partial charge in [-0.05, 0) is 72.9 Å². The molecule has 2 aromatic heterocycles. The minimum absolute atomic E-state index is 0.0310. The third-order valence-corrected chi connectivity index (χ3v) is 5.93. The van der Waals surface area contributed by atoms with E-state index in [9.17, 15) is 4.79 Å². The molecule has 0 radical (unpaired) electrons. The third kappa shape index (κ3) is 4.08. The van der Waals surface area contributed by atoms with Crippen molar-refractivity contribution < 1.29 is 9.53 Å². The van der Waals surface area contributed by atoms with Crippen LogP contribution in [0.1, 0.15) is 0 Å². The Hall–Kier alpha value is -4.24. The van der Waals surface area contributed by atoms with Crippen LogP contribution >= 0.6 is 12.2 Å². The summed E-state index contributed by atoms with van der Waals surface area (Å²) in [5.74, 6) is 1.99. The highest BCUT2D eigenvalue weighted by atomic mass is 32.1. The molecule has 1 amide bonds. The standard InChI is InChI=1S/C25H22N6O2S/c1-30-21-6-4-3-5-20(21)27-23(30)16-7-11-18(12-8-16)26-22(32)15-31-24(28-29-25(31)34)17-9-13-19(33-2)14-10-17/h3-14H,15H2,1-2H3,(H,26,32)(H,29,34). The number of fused-ring (bicyclic) bond motifs is 1. The van der Waals surface area contributed by atoms with Gasteiger partial charge < -0.3 is 14.6 Å². The maximum atomic E-state index is 12.8. The van der Waals surface area contributed by atoms with Crippen molar-refractivity contribution in [3.8, 4) is 28.5 Å². The van der Waals surface area contributed by atoms with Crippen molar-refractivity contribution >= 4 is 34.8 Å². The molecule has 0 fully saturated rings. The minimum atomic E-state index is -0.206. The number of hydrogen-bond acceptors (Lipinski definition) is 5. The number of anilines is 1. The second kappa shape index (κ2) is 8.95. The molecule has 5 aromatic rings. The minimum Gasteiger partial charge on any atom is -0.497 e. The summed E-state index contributed by atoms with van der Waals surface area (Å²) in [5, 5.41) is 9.99. The molecule has 9 heteroatoms. The van der Waals surface area contributed by atoms with Crippen LogP contribution in [0.5, 0.6) is 5.75 Å². The van der Waals surface area contributed by atoms with E-state index in [-0.39, 0.29) is 12.5 Å². The Morgan fingerprint density at radius 1 is 1.00 bits per heavy atom. The number of carbonyl (C=O) groups is 1. The Morgan fingerprint density at radius 3 is 2.38 bits per heavy atom. The predicted molar refractivity (Wildman–Crippen MR) is 134 cm³/mol. The Balaban J connectivity index is 1.32. The number of nitrogens with zero attached hydrogens (tertiary/aromatic N) is 4. The monoisotopic (exact) mass is 470 g/mol. The van der Waals surface area contributed by atoms with Gasteiger partial charge in [-0.1, -0.05) is 12.1 Å². The first-order valence-corrected chi connectivity index (χ1v) is 11.1. The highest BCUT2D eigenvalue weighted by Crippen LogP contribution is 2.25. The maximum absolute atomic E-state index is 12.8. The van der Waals surface area contributed by atoms with Gasteiger partial charge in [0.05, 0.1) is 18.1 Å². The van der Waals surface area contributed by atoms with Gasteiger partial charge in [-0.15, -0.1) is 0 Å². The normalized spacial score (nSPS) is 11.0. The molecule has 0 aliphatic carbocycles. The van der Waals surface area contributed by atoms with E-state index in [1.165, 1.54) is 0 Å². The van der Waals surface area contributed by atoms with Crippen molar-refractivity contribution in [3.05, 3.63) is 77.6 Å². The highest BCUT2D eigenvalue weighted by molar-refractivity contribution is 7.71. The van der Waals surface area contributed by atoms with Crippen LogP contribution < -0.4 is 10.1 Å². The molecule has 2 heterocycles. The van der Waals surface area contributed by atoms with Gasteiger partial charge in [0.2, 0.25) is 5.91 Å². The number of para-hydroxylation sites is 2. The van der Waals surface area contributed by atoms with Crippen molar-refractivity contribution in [1.29, 1.82) is 0 Å². The van der Waals surface area contributed by atoms with Crippen molar-refractivity contribution in [2.24, 2.45) is 7.05 Å². The molecule has 0 spiro atoms. The van der Waals surface area contributed by atoms with Crippen LogP contribution in [0.2, 0.25) is 0 Å². The zero-order valence-electron chi connectivity index (χ0n) is 18.6. The summed E-state index contributed by atoms with van der Waals surface area (Å²) in [7, 11) is 3.61. The zero-order chi connectivity index (χ0) is 23.7. The van der Waals surface area contributed by atoms with Crippen molar-refractivity contribution in [2.45, 2.75) is 6.54 Å². The molecule has 0 unspecified atom stereocenters. The number of imidazole rings is 1. The van der Waals surface area contributed by atoms with Crippen LogP contribution in [0.3, 0.4) is 0 Å². The number of aromatic nitrogens is 5. The summed E-state index contributed by atoms with van der Waals surface area (Å²) in [5.41, 5.74) is 4.50. The van der Waals surface area contributed by atoms with E-state index in [2.05, 4.69) is 20.1 Å². The van der Waals surface area contributed by atoms with Crippen molar-refractivity contribution in [1.82, 2.24) is 24.3 Å². The first kappa shape index (κ1) is 21.6. The number of amides is 1. The van der Waals surface area contributed by atoms with E-state index >= 15 is 0 Å². The molecule has 0 saturated heterocycles. The number of rotatable bonds is 6. The third-order valence-electron chi connectivity index (χ3n) is 5.62. The van der Waals surface area contributed by atoms with Gasteiger partial charge in [-0.25, -0.2) is 4.98 Å². The lowest BCUT2D eigenvalue weighted by Gasteiger charge is -2.09. The predicted octanol–water partition coefficient (Wildman–Crippen LogP) is 4.81. The Labute approximate surface area is 200 Å². The van der Waals surface area contributed by atoms with Crippen molar-refractivity contribution in [2.75, 3.05) is 12.4 Å². The van der Waals surface area contributed by atoms with E-state index in [1.54, 1.807) is 11.7 Å². The van der Waals surface area contributed by atoms with Gasteiger partial charge in [0.1, 0.15) is 18.1 Å². The molecule has 2 N–H and O–H groups in total. The molecule has 0 saturated carbocycles. The second-order valence-corrected chi connectivity index (χ2v) is 8.16. The number of aromatic amines is 1. The van der Waals surface area contributed by atoms with Crippen LogP contribution in [0.4, 0.5) is 5.69 Å². The molecule has 0 atom stereocenters. The first-order valence-electron chi connectivity index (χ1n) is 10.6. The lowest BCUT2D eigenvalue weighted by molar-refractivity contribution is -0.116. The van der Waals surface area contributed by atoms with Crippen LogP contribution in [-0.2, 0) is 18.4 Å². The molecule has 8 nitrogen and oxygen atoms in total. The van der Waals surface area contributed by atoms with Crippen molar-refractivity contribution in [3.63, 3.8) is 0 Å². The Morgan fingerprint density at radius 2 is 1.68 bits per heavy atom. The van der Waals surface area contributed by atoms with Gasteiger partial charge in [-0.3, -0.25) is 14.5 Å². The zero-order valence-corrected chi connectivity index (χ0v) is 19.5. The molecular formula is C25H22N6O2S. The smallest absolute Gasteiger partial charge is 0.244 e. The quantitative estimate of drug-likeness (QED) is 0.348. The van der Waals surface area contributed by atoms with Crippen LogP contribution in [0.25, 0.3) is 33.8 Å². The summed E-state index contributed by atoms with van der Waals surface area (Å²) >= 11 is 5.35. The molecule has 5 rings (SSSR count). The fraction of sp³-hybridized carbons (Fsp3) is 0.120. The number of aryl methyl sites for hydroxylation is 1. The second-order valence-electron chi connectivity index (χ2n) is 7.78.